The molecular weight excluding hydrogens is 737 g/mol. The van der Waals surface area contributed by atoms with E-state index in [0.29, 0.717) is 35.9 Å². The van der Waals surface area contributed by atoms with Crippen molar-refractivity contribution in [2.75, 3.05) is 26.4 Å². The van der Waals surface area contributed by atoms with Gasteiger partial charge in [0.05, 0.1) is 24.4 Å². The Balaban J connectivity index is 2.18. The molecule has 4 nitrogen and oxygen atoms in total. The Bertz CT molecular complexity index is 956. The monoisotopic (exact) mass is 845 g/mol. The highest BCUT2D eigenvalue weighted by Crippen LogP contribution is 2.38. The van der Waals surface area contributed by atoms with Gasteiger partial charge in [-0.3, -0.25) is 0 Å². The van der Waals surface area contributed by atoms with Gasteiger partial charge in [-0.15, -0.1) is 0 Å². The molecule has 0 N–H and O–H groups in total. The minimum Gasteiger partial charge on any atom is -0.378 e. The molecule has 2 aliphatic rings. The average molecular weight is 845 g/mol. The first-order valence-electron chi connectivity index (χ1n) is 26.7. The Morgan fingerprint density at radius 3 is 0.833 bits per heavy atom. The molecule has 0 aromatic rings. The van der Waals surface area contributed by atoms with E-state index >= 15 is 0 Å². The fourth-order valence-corrected chi connectivity index (χ4v) is 9.99. The highest BCUT2D eigenvalue weighted by Gasteiger charge is 2.38. The highest BCUT2D eigenvalue weighted by atomic mass is 16.5. The smallest absolute Gasteiger partial charge is 0.0642 e. The zero-order valence-corrected chi connectivity index (χ0v) is 43.0. The second kappa shape index (κ2) is 32.3. The number of ether oxygens (including phenoxy) is 4. The lowest BCUT2D eigenvalue weighted by molar-refractivity contribution is -0.0857. The summed E-state index contributed by atoms with van der Waals surface area (Å²) in [5.41, 5.74) is 0. The molecule has 0 amide bonds. The van der Waals surface area contributed by atoms with Crippen molar-refractivity contribution in [3.63, 3.8) is 0 Å². The molecule has 4 heteroatoms. The summed E-state index contributed by atoms with van der Waals surface area (Å²) in [5, 5.41) is 0. The maximum Gasteiger partial charge on any atom is 0.0642 e. The quantitative estimate of drug-likeness (QED) is 0.0605. The van der Waals surface area contributed by atoms with E-state index in [9.17, 15) is 0 Å². The van der Waals surface area contributed by atoms with Crippen LogP contribution >= 0.6 is 0 Å². The van der Waals surface area contributed by atoms with Crippen molar-refractivity contribution in [1.29, 1.82) is 0 Å². The molecule has 0 spiro atoms. The van der Waals surface area contributed by atoms with Gasteiger partial charge in [0.2, 0.25) is 0 Å². The van der Waals surface area contributed by atoms with Gasteiger partial charge in [0.15, 0.2) is 0 Å². The van der Waals surface area contributed by atoms with Crippen LogP contribution < -0.4 is 0 Å². The lowest BCUT2D eigenvalue weighted by atomic mass is 9.75. The van der Waals surface area contributed by atoms with Gasteiger partial charge < -0.3 is 18.9 Å². The van der Waals surface area contributed by atoms with Gasteiger partial charge in [0, 0.05) is 38.3 Å². The zero-order chi connectivity index (χ0) is 44.5. The summed E-state index contributed by atoms with van der Waals surface area (Å²) >= 11 is 0. The van der Waals surface area contributed by atoms with Crippen molar-refractivity contribution in [2.45, 2.75) is 250 Å². The third kappa shape index (κ3) is 25.8. The predicted octanol–water partition coefficient (Wildman–Crippen LogP) is 16.6. The SMILES string of the molecule is CC(C)CCCC(C)CCOC1CC(C=CC2CC(OCCC(C)CCCC(C)C)C(C)CC2OCCC(C)CCCC(C)C)C(OCCC(C)CCCC(C)C)CC1C. The summed E-state index contributed by atoms with van der Waals surface area (Å²) in [6.07, 6.45) is 31.2. The van der Waals surface area contributed by atoms with Crippen LogP contribution in [-0.4, -0.2) is 50.8 Å². The van der Waals surface area contributed by atoms with Gasteiger partial charge in [-0.2, -0.15) is 0 Å². The molecule has 0 aromatic heterocycles. The van der Waals surface area contributed by atoms with E-state index in [2.05, 4.69) is 109 Å². The third-order valence-corrected chi connectivity index (χ3v) is 14.7. The van der Waals surface area contributed by atoms with Gasteiger partial charge in [0.25, 0.3) is 0 Å². The Kier molecular flexibility index (Phi) is 30.0. The van der Waals surface area contributed by atoms with E-state index in [1.165, 1.54) is 89.9 Å². The van der Waals surface area contributed by atoms with E-state index < -0.39 is 0 Å². The summed E-state index contributed by atoms with van der Waals surface area (Å²) in [4.78, 5) is 0. The van der Waals surface area contributed by atoms with Crippen molar-refractivity contribution < 1.29 is 18.9 Å². The van der Waals surface area contributed by atoms with Crippen LogP contribution in [0.4, 0.5) is 0 Å². The fraction of sp³-hybridized carbons (Fsp3) is 0.964. The molecule has 12 unspecified atom stereocenters. The van der Waals surface area contributed by atoms with Crippen molar-refractivity contribution in [2.24, 2.45) is 71.0 Å². The molecule has 2 saturated carbocycles. The van der Waals surface area contributed by atoms with Crippen molar-refractivity contribution in [3.8, 4) is 0 Å². The van der Waals surface area contributed by atoms with E-state index in [0.717, 1.165) is 112 Å². The van der Waals surface area contributed by atoms with E-state index in [1.54, 1.807) is 0 Å². The third-order valence-electron chi connectivity index (χ3n) is 14.7. The highest BCUT2D eigenvalue weighted by molar-refractivity contribution is 5.04. The maximum absolute atomic E-state index is 6.92. The molecule has 60 heavy (non-hydrogen) atoms. The van der Waals surface area contributed by atoms with Gasteiger partial charge in [-0.1, -0.05) is 186 Å². The lowest BCUT2D eigenvalue weighted by Crippen LogP contribution is -2.41. The van der Waals surface area contributed by atoms with Crippen LogP contribution in [0.2, 0.25) is 0 Å². The minimum atomic E-state index is 0.256. The van der Waals surface area contributed by atoms with Crippen LogP contribution in [-0.2, 0) is 18.9 Å². The summed E-state index contributed by atoms with van der Waals surface area (Å²) in [7, 11) is 0. The van der Waals surface area contributed by atoms with Gasteiger partial charge in [0.1, 0.15) is 0 Å². The van der Waals surface area contributed by atoms with Crippen LogP contribution in [0.1, 0.15) is 225 Å². The Morgan fingerprint density at radius 1 is 0.333 bits per heavy atom. The van der Waals surface area contributed by atoms with Gasteiger partial charge >= 0.3 is 0 Å². The van der Waals surface area contributed by atoms with Crippen LogP contribution in [0.25, 0.3) is 0 Å². The molecule has 2 aliphatic carbocycles. The molecule has 0 aromatic carbocycles. The topological polar surface area (TPSA) is 36.9 Å². The van der Waals surface area contributed by atoms with Crippen LogP contribution in [0.15, 0.2) is 12.2 Å². The van der Waals surface area contributed by atoms with Crippen LogP contribution in [0, 0.1) is 71.0 Å². The normalized spacial score (nSPS) is 27.4. The summed E-state index contributed by atoms with van der Waals surface area (Å²) in [6, 6.07) is 0. The molecule has 2 rings (SSSR count). The maximum atomic E-state index is 6.92. The molecule has 0 bridgehead atoms. The predicted molar refractivity (Wildman–Crippen MR) is 262 cm³/mol. The van der Waals surface area contributed by atoms with E-state index in [4.69, 9.17) is 18.9 Å². The number of hydrogen-bond acceptors (Lipinski definition) is 4. The van der Waals surface area contributed by atoms with Crippen LogP contribution in [0.5, 0.6) is 0 Å². The first kappa shape index (κ1) is 55.7. The van der Waals surface area contributed by atoms with Gasteiger partial charge in [-0.05, 0) is 111 Å². The van der Waals surface area contributed by atoms with Crippen molar-refractivity contribution in [1.82, 2.24) is 0 Å². The zero-order valence-electron chi connectivity index (χ0n) is 43.0. The molecule has 0 radical (unpaired) electrons. The summed E-state index contributed by atoms with van der Waals surface area (Å²) < 4.78 is 27.4. The standard InChI is InChI=1S/C56H108O4/c1-41(2)19-15-23-45(9)29-33-57-53-39-51(55(37-49(53)13)59-35-31-47(11)25-17-21-43(5)6)27-28-52-40-54(58-34-30-46(10)24-16-20-42(3)4)50(14)38-56(52)60-36-32-48(12)26-18-22-44(7)8/h27-28,41-56H,15-26,29-40H2,1-14H3. The van der Waals surface area contributed by atoms with Gasteiger partial charge in [-0.25, -0.2) is 0 Å². The molecule has 356 valence electrons. The fourth-order valence-electron chi connectivity index (χ4n) is 9.99. The molecular formula is C56H108O4. The van der Waals surface area contributed by atoms with Crippen molar-refractivity contribution in [3.05, 3.63) is 12.2 Å². The Morgan fingerprint density at radius 2 is 0.583 bits per heavy atom. The second-order valence-electron chi connectivity index (χ2n) is 23.1. The molecule has 0 aliphatic heterocycles. The molecule has 0 saturated heterocycles. The lowest BCUT2D eigenvalue weighted by Gasteiger charge is -2.41. The molecule has 2 fully saturated rings. The average Bonchev–Trinajstić information content (AvgIpc) is 3.15. The summed E-state index contributed by atoms with van der Waals surface area (Å²) in [6.45, 7) is 36.8. The Hall–Kier alpha value is -0.420. The second-order valence-corrected chi connectivity index (χ2v) is 23.1. The number of hydrogen-bond donors (Lipinski definition) is 0. The molecule has 0 heterocycles. The first-order valence-corrected chi connectivity index (χ1v) is 26.7. The summed E-state index contributed by atoms with van der Waals surface area (Å²) in [5.74, 6) is 7.86. The van der Waals surface area contributed by atoms with Crippen LogP contribution in [0.3, 0.4) is 0 Å². The Labute approximate surface area is 377 Å². The first-order chi connectivity index (χ1) is 28.5. The molecule has 12 atom stereocenters. The number of rotatable bonds is 34. The van der Waals surface area contributed by atoms with Crippen molar-refractivity contribution >= 4 is 0 Å². The minimum absolute atomic E-state index is 0.256. The largest absolute Gasteiger partial charge is 0.378 e. The van der Waals surface area contributed by atoms with E-state index in [-0.39, 0.29) is 12.2 Å². The van der Waals surface area contributed by atoms with E-state index in [1.807, 2.05) is 0 Å².